The van der Waals surface area contributed by atoms with Crippen LogP contribution < -0.4 is 15.8 Å². The Hall–Kier alpha value is -2.16. The number of nitrogens with two attached hydrogens (primary N) is 1. The number of rotatable bonds is 3. The minimum atomic E-state index is -4.94. The molecule has 1 amide bonds. The van der Waals surface area contributed by atoms with Crippen molar-refractivity contribution in [2.24, 2.45) is 5.73 Å². The Morgan fingerprint density at radius 3 is 2.87 bits per heavy atom. The first kappa shape index (κ1) is 17.2. The summed E-state index contributed by atoms with van der Waals surface area (Å²) in [6.45, 7) is 0.456. The van der Waals surface area contributed by atoms with E-state index in [4.69, 9.17) is 15.9 Å². The third kappa shape index (κ3) is 4.65. The summed E-state index contributed by atoms with van der Waals surface area (Å²) >= 11 is 1.14. The second-order valence-corrected chi connectivity index (χ2v) is 5.73. The van der Waals surface area contributed by atoms with E-state index in [9.17, 15) is 18.0 Å². The predicted molar refractivity (Wildman–Crippen MR) is 83.6 cm³/mol. The highest BCUT2D eigenvalue weighted by atomic mass is 32.2. The fourth-order valence-corrected chi connectivity index (χ4v) is 2.50. The summed E-state index contributed by atoms with van der Waals surface area (Å²) < 4.78 is 42.4. The van der Waals surface area contributed by atoms with Crippen molar-refractivity contribution < 1.29 is 22.7 Å². The summed E-state index contributed by atoms with van der Waals surface area (Å²) in [6, 6.07) is 4.32. The lowest BCUT2D eigenvalue weighted by molar-refractivity contribution is -0.167. The summed E-state index contributed by atoms with van der Waals surface area (Å²) in [4.78, 5) is 11.0. The van der Waals surface area contributed by atoms with Gasteiger partial charge in [0.25, 0.3) is 0 Å². The molecule has 1 aliphatic rings. The lowest BCUT2D eigenvalue weighted by Gasteiger charge is -2.21. The number of ether oxygens (including phenoxy) is 1. The van der Waals surface area contributed by atoms with Gasteiger partial charge in [0.1, 0.15) is 5.75 Å². The van der Waals surface area contributed by atoms with E-state index in [2.05, 4.69) is 0 Å². The summed E-state index contributed by atoms with van der Waals surface area (Å²) in [5, 5.41) is 8.97. The highest BCUT2D eigenvalue weighted by Gasteiger charge is 2.38. The van der Waals surface area contributed by atoms with Gasteiger partial charge < -0.3 is 15.8 Å². The maximum absolute atomic E-state index is 12.3. The molecular formula is C14H14F3N3O2S. The van der Waals surface area contributed by atoms with Gasteiger partial charge in [-0.1, -0.05) is 17.8 Å². The number of nitrogens with one attached hydrogen (secondary N) is 2. The number of benzene rings is 1. The Kier molecular flexibility index (Phi) is 5.19. The molecule has 0 spiro atoms. The summed E-state index contributed by atoms with van der Waals surface area (Å²) in [6.07, 6.45) is -2.51. The topological polar surface area (TPSA) is 88.2 Å². The van der Waals surface area contributed by atoms with E-state index in [1.54, 1.807) is 0 Å². The monoisotopic (exact) mass is 345 g/mol. The quantitative estimate of drug-likeness (QED) is 0.580. The second-order valence-electron chi connectivity index (χ2n) is 4.67. The standard InChI is InChI=1S/C14H14F3N3O2S/c15-14(16,17)12(21)20-9-1-2-11-10(7-9)8(3-5-22-11)4-6-23-13(18)19/h1-2,4,7H,3,5-6H2,(H3,18,19)(H,20,21)/b8-4+. The third-order valence-corrected chi connectivity index (χ3v) is 3.68. The highest BCUT2D eigenvalue weighted by Crippen LogP contribution is 2.35. The van der Waals surface area contributed by atoms with Gasteiger partial charge in [-0.05, 0) is 23.8 Å². The third-order valence-electron chi connectivity index (χ3n) is 3.04. The van der Waals surface area contributed by atoms with E-state index < -0.39 is 12.1 Å². The van der Waals surface area contributed by atoms with Gasteiger partial charge in [-0.15, -0.1) is 0 Å². The van der Waals surface area contributed by atoms with Crippen LogP contribution in [-0.4, -0.2) is 29.6 Å². The molecule has 0 bridgehead atoms. The fourth-order valence-electron chi connectivity index (χ4n) is 2.04. The molecule has 0 aromatic heterocycles. The number of anilines is 1. The number of thioether (sulfide) groups is 1. The van der Waals surface area contributed by atoms with Crippen molar-refractivity contribution in [3.05, 3.63) is 29.8 Å². The zero-order chi connectivity index (χ0) is 17.0. The Bertz CT molecular complexity index is 659. The zero-order valence-corrected chi connectivity index (χ0v) is 12.7. The molecule has 5 nitrogen and oxygen atoms in total. The van der Waals surface area contributed by atoms with E-state index in [0.717, 1.165) is 17.3 Å². The van der Waals surface area contributed by atoms with Gasteiger partial charge in [0.2, 0.25) is 0 Å². The van der Waals surface area contributed by atoms with Crippen LogP contribution in [0.25, 0.3) is 5.57 Å². The van der Waals surface area contributed by atoms with Crippen LogP contribution in [0, 0.1) is 5.41 Å². The molecule has 1 heterocycles. The second kappa shape index (κ2) is 6.95. The molecule has 4 N–H and O–H groups in total. The van der Waals surface area contributed by atoms with E-state index in [0.29, 0.717) is 30.1 Å². The van der Waals surface area contributed by atoms with Crippen molar-refractivity contribution in [2.45, 2.75) is 12.6 Å². The average Bonchev–Trinajstić information content (AvgIpc) is 2.46. The van der Waals surface area contributed by atoms with Gasteiger partial charge in [-0.2, -0.15) is 13.2 Å². The van der Waals surface area contributed by atoms with Crippen LogP contribution in [0.1, 0.15) is 12.0 Å². The van der Waals surface area contributed by atoms with E-state index >= 15 is 0 Å². The van der Waals surface area contributed by atoms with Gasteiger partial charge in [0.15, 0.2) is 5.17 Å². The van der Waals surface area contributed by atoms with Gasteiger partial charge in [0.05, 0.1) is 6.61 Å². The maximum Gasteiger partial charge on any atom is 0.471 e. The minimum Gasteiger partial charge on any atom is -0.493 e. The Morgan fingerprint density at radius 2 is 2.22 bits per heavy atom. The number of halogens is 3. The largest absolute Gasteiger partial charge is 0.493 e. The highest BCUT2D eigenvalue weighted by molar-refractivity contribution is 8.13. The van der Waals surface area contributed by atoms with Crippen LogP contribution in [0.3, 0.4) is 0 Å². The summed E-state index contributed by atoms with van der Waals surface area (Å²) in [7, 11) is 0. The molecule has 0 atom stereocenters. The van der Waals surface area contributed by atoms with Gasteiger partial charge >= 0.3 is 12.1 Å². The molecule has 0 aliphatic carbocycles. The van der Waals surface area contributed by atoms with E-state index in [1.807, 2.05) is 11.4 Å². The van der Waals surface area contributed by atoms with Gasteiger partial charge in [-0.25, -0.2) is 0 Å². The Labute approximate surface area is 134 Å². The van der Waals surface area contributed by atoms with Crippen LogP contribution in [0.15, 0.2) is 24.3 Å². The van der Waals surface area contributed by atoms with Crippen molar-refractivity contribution in [3.63, 3.8) is 0 Å². The number of hydrogen-bond acceptors (Lipinski definition) is 4. The molecule has 0 unspecified atom stereocenters. The van der Waals surface area contributed by atoms with Crippen LogP contribution in [0.5, 0.6) is 5.75 Å². The SMILES string of the molecule is N=C(N)SC/C=C1\CCOc2ccc(NC(=O)C(F)(F)F)cc21. The van der Waals surface area contributed by atoms with E-state index in [1.165, 1.54) is 18.2 Å². The van der Waals surface area contributed by atoms with Crippen LogP contribution in [0.4, 0.5) is 18.9 Å². The number of alkyl halides is 3. The van der Waals surface area contributed by atoms with Crippen molar-refractivity contribution in [2.75, 3.05) is 17.7 Å². The molecule has 0 radical (unpaired) electrons. The molecule has 1 aliphatic heterocycles. The minimum absolute atomic E-state index is 0.0136. The summed E-state index contributed by atoms with van der Waals surface area (Å²) in [5.74, 6) is -1.00. The number of hydrogen-bond donors (Lipinski definition) is 3. The van der Waals surface area contributed by atoms with Gasteiger partial charge in [-0.3, -0.25) is 10.2 Å². The summed E-state index contributed by atoms with van der Waals surface area (Å²) in [5.41, 5.74) is 6.81. The Balaban J connectivity index is 2.22. The van der Waals surface area contributed by atoms with E-state index in [-0.39, 0.29) is 10.9 Å². The molecule has 0 fully saturated rings. The molecule has 1 aromatic rings. The molecular weight excluding hydrogens is 331 g/mol. The first-order valence-corrected chi connectivity index (χ1v) is 7.57. The lowest BCUT2D eigenvalue weighted by atomic mass is 9.99. The molecule has 1 aromatic carbocycles. The molecule has 0 saturated carbocycles. The number of amidine groups is 1. The van der Waals surface area contributed by atoms with Gasteiger partial charge in [0, 0.05) is 23.4 Å². The molecule has 0 saturated heterocycles. The molecule has 2 rings (SSSR count). The van der Waals surface area contributed by atoms with Crippen LogP contribution >= 0.6 is 11.8 Å². The molecule has 9 heteroatoms. The van der Waals surface area contributed by atoms with Crippen LogP contribution in [0.2, 0.25) is 0 Å². The number of carbonyl (C=O) groups excluding carboxylic acids is 1. The average molecular weight is 345 g/mol. The first-order chi connectivity index (χ1) is 10.8. The molecule has 124 valence electrons. The number of fused-ring (bicyclic) bond motifs is 1. The maximum atomic E-state index is 12.3. The molecule has 23 heavy (non-hydrogen) atoms. The number of carbonyl (C=O) groups is 1. The van der Waals surface area contributed by atoms with Crippen molar-refractivity contribution >= 4 is 34.1 Å². The van der Waals surface area contributed by atoms with Crippen molar-refractivity contribution in [3.8, 4) is 5.75 Å². The van der Waals surface area contributed by atoms with Crippen LogP contribution in [-0.2, 0) is 4.79 Å². The zero-order valence-electron chi connectivity index (χ0n) is 11.9. The van der Waals surface area contributed by atoms with Crippen molar-refractivity contribution in [1.82, 2.24) is 0 Å². The smallest absolute Gasteiger partial charge is 0.471 e. The Morgan fingerprint density at radius 1 is 1.48 bits per heavy atom. The fraction of sp³-hybridized carbons (Fsp3) is 0.286. The normalized spacial score (nSPS) is 15.7. The number of amides is 1. The predicted octanol–water partition coefficient (Wildman–Crippen LogP) is 2.98. The first-order valence-electron chi connectivity index (χ1n) is 6.58. The lowest BCUT2D eigenvalue weighted by Crippen LogP contribution is -2.30. The van der Waals surface area contributed by atoms with Crippen molar-refractivity contribution in [1.29, 1.82) is 5.41 Å².